The first kappa shape index (κ1) is 92.3. The van der Waals surface area contributed by atoms with Crippen molar-refractivity contribution >= 4 is 104 Å². The standard InChI is InChI=1S/C22H22N4O2.C19H20N4O3.C18H17ClN4O2.C18H17N5O4.C16H22N4O2/c1-15-21(22(28)26(25(15)2)17-8-4-3-5-9-17)24-20(27)13-12-16-14-23-19-11-7-6-10-18(16)19;1-13-17(18(24)23(22(13)2)15-9-5-4-6-10-15)21-19(25)20-14-8-7-11-16(12-14)26-3;1-12-16(21-18(25)20-14-10-8-13(19)9-11-14)17(24)23(22(12)2)15-6-4-3-5-7-15;1-12-16(17(24)22(21(12)2)14-6-4-3-5-7-14)20-18(25)19-13-8-10-15(11-9-13)23(26)27;1-11-13(17-15(22)18-16(2,3)4)14(21)20(19(11)5)12-9-7-6-8-10-12/h3-11,14,23H,12-13H2,1-2H3,(H,24,27);4-12H,1-3H3,(H2,20,21,25);3-11H,1-2H3,(H2,20,21,25);3-11H,1-2H3,(H2,19,20,25);6-10H,1-5H3,(H2,17,18,22). The van der Waals surface area contributed by atoms with E-state index in [4.69, 9.17) is 16.3 Å². The number of aromatic amines is 1. The zero-order valence-corrected chi connectivity index (χ0v) is 73.5. The molecule has 34 nitrogen and oxygen atoms in total. The normalized spacial score (nSPS) is 10.7. The number of hydrogen-bond acceptors (Lipinski definition) is 13. The van der Waals surface area contributed by atoms with Gasteiger partial charge in [-0.3, -0.25) is 62.3 Å². The van der Waals surface area contributed by atoms with E-state index in [1.54, 1.807) is 152 Å². The molecule has 0 saturated heterocycles. The fourth-order valence-electron chi connectivity index (χ4n) is 13.6. The number of hydrogen-bond donors (Lipinski definition) is 10. The summed E-state index contributed by atoms with van der Waals surface area (Å²) in [6, 6.07) is 71.4. The number of rotatable bonds is 18. The molecular formula is C93H98ClN21O13. The molecule has 0 atom stereocenters. The molecule has 0 saturated carbocycles. The summed E-state index contributed by atoms with van der Waals surface area (Å²) < 4.78 is 21.2. The van der Waals surface area contributed by atoms with Crippen molar-refractivity contribution < 1.29 is 33.6 Å². The van der Waals surface area contributed by atoms with E-state index in [1.807, 2.05) is 205 Å². The van der Waals surface area contributed by atoms with E-state index in [0.717, 1.165) is 39.2 Å². The third kappa shape index (κ3) is 22.1. The lowest BCUT2D eigenvalue weighted by Crippen LogP contribution is -2.43. The minimum absolute atomic E-state index is 0.0781. The maximum atomic E-state index is 12.9. The van der Waals surface area contributed by atoms with E-state index < -0.39 is 29.0 Å². The third-order valence-corrected chi connectivity index (χ3v) is 20.8. The number of nitro benzene ring substituents is 1. The van der Waals surface area contributed by atoms with Gasteiger partial charge in [-0.05, 0) is 183 Å². The summed E-state index contributed by atoms with van der Waals surface area (Å²) in [6.07, 6.45) is 2.85. The summed E-state index contributed by atoms with van der Waals surface area (Å²) in [7, 11) is 10.4. The van der Waals surface area contributed by atoms with Crippen LogP contribution in [-0.2, 0) is 46.5 Å². The van der Waals surface area contributed by atoms with Crippen molar-refractivity contribution in [2.24, 2.45) is 35.2 Å². The molecule has 6 aromatic heterocycles. The lowest BCUT2D eigenvalue weighted by Gasteiger charge is -2.20. The summed E-state index contributed by atoms with van der Waals surface area (Å²) >= 11 is 5.82. The number of benzene rings is 9. The smallest absolute Gasteiger partial charge is 0.323 e. The number of nitro groups is 1. The van der Waals surface area contributed by atoms with E-state index in [-0.39, 0.29) is 67.7 Å². The Morgan fingerprint density at radius 3 is 1.04 bits per heavy atom. The number of ether oxygens (including phenoxy) is 1. The Bertz CT molecular complexity index is 6830. The van der Waals surface area contributed by atoms with E-state index in [9.17, 15) is 58.1 Å². The average Bonchev–Trinajstić information content (AvgIpc) is 1.66. The Balaban J connectivity index is 0.000000155. The Morgan fingerprint density at radius 2 is 0.703 bits per heavy atom. The lowest BCUT2D eigenvalue weighted by molar-refractivity contribution is -0.384. The van der Waals surface area contributed by atoms with Gasteiger partial charge in [0.2, 0.25) is 5.91 Å². The van der Waals surface area contributed by atoms with Crippen molar-refractivity contribution in [3.63, 3.8) is 0 Å². The van der Waals surface area contributed by atoms with Crippen LogP contribution >= 0.6 is 11.6 Å². The van der Waals surface area contributed by atoms with Crippen molar-refractivity contribution in [1.82, 2.24) is 57.1 Å². The molecule has 0 unspecified atom stereocenters. The number of para-hydroxylation sites is 6. The van der Waals surface area contributed by atoms with E-state index in [2.05, 4.69) is 52.8 Å². The minimum Gasteiger partial charge on any atom is -0.497 e. The van der Waals surface area contributed by atoms with E-state index in [1.165, 1.54) is 43.0 Å². The second-order valence-corrected chi connectivity index (χ2v) is 30.6. The number of aromatic nitrogens is 11. The van der Waals surface area contributed by atoms with Gasteiger partial charge in [0.15, 0.2) is 0 Å². The minimum atomic E-state index is -0.616. The highest BCUT2D eigenvalue weighted by Crippen LogP contribution is 2.25. The summed E-state index contributed by atoms with van der Waals surface area (Å²) in [5.41, 5.74) is 9.97. The molecule has 15 rings (SSSR count). The molecular weight excluding hydrogens is 1650 g/mol. The number of carbonyl (C=O) groups is 5. The fourth-order valence-corrected chi connectivity index (χ4v) is 13.7. The van der Waals surface area contributed by atoms with Crippen LogP contribution in [0.2, 0.25) is 5.02 Å². The average molecular weight is 1750 g/mol. The maximum Gasteiger partial charge on any atom is 0.323 e. The van der Waals surface area contributed by atoms with Crippen LogP contribution in [0.4, 0.5) is 70.4 Å². The number of non-ortho nitro benzene ring substituents is 1. The largest absolute Gasteiger partial charge is 0.497 e. The first-order chi connectivity index (χ1) is 61.1. The van der Waals surface area contributed by atoms with Gasteiger partial charge in [-0.25, -0.2) is 42.6 Å². The van der Waals surface area contributed by atoms with Crippen LogP contribution in [0.15, 0.2) is 279 Å². The fraction of sp³-hybridized carbons (Fsp3) is 0.183. The first-order valence-electron chi connectivity index (χ1n) is 40.2. The predicted molar refractivity (Wildman–Crippen MR) is 501 cm³/mol. The molecule has 0 bridgehead atoms. The van der Waals surface area contributed by atoms with Gasteiger partial charge in [0.1, 0.15) is 34.2 Å². The number of H-pyrrole nitrogens is 1. The number of halogens is 1. The molecule has 0 aliphatic rings. The molecule has 9 amide bonds. The molecule has 0 radical (unpaired) electrons. The number of fused-ring (bicyclic) bond motifs is 1. The number of carbonyl (C=O) groups excluding carboxylic acids is 5. The van der Waals surface area contributed by atoms with Crippen molar-refractivity contribution in [1.29, 1.82) is 0 Å². The zero-order chi connectivity index (χ0) is 92.4. The number of aryl methyl sites for hydroxylation is 1. The molecule has 6 heterocycles. The number of anilines is 8. The van der Waals surface area contributed by atoms with Crippen molar-refractivity contribution in [2.75, 3.05) is 49.6 Å². The Hall–Kier alpha value is -16.4. The summed E-state index contributed by atoms with van der Waals surface area (Å²) in [5.74, 6) is 0.460. The molecule has 15 aromatic rings. The monoisotopic (exact) mass is 1750 g/mol. The van der Waals surface area contributed by atoms with Crippen LogP contribution in [0.1, 0.15) is 61.2 Å². The van der Waals surface area contributed by atoms with Gasteiger partial charge in [-0.1, -0.05) is 127 Å². The SMILES string of the molecule is COc1cccc(NC(=O)Nc2c(C)n(C)n(-c3ccccc3)c2=O)c1.Cc1c(NC(=O)CCc2c[nH]c3ccccc23)c(=O)n(-c2ccccc2)n1C.Cc1c(NC(=O)NC(C)(C)C)c(=O)n(-c2ccccc2)n1C.Cc1c(NC(=O)Nc2ccc(Cl)cc2)c(=O)n(-c2ccccc2)n1C.Cc1c(NC(=O)Nc2ccc([N+](=O)[O-])cc2)c(=O)n(-c2ccccc2)n1C. The number of nitrogens with one attached hydrogen (secondary N) is 10. The quantitative estimate of drug-likeness (QED) is 0.0282. The van der Waals surface area contributed by atoms with Crippen molar-refractivity contribution in [2.45, 2.75) is 73.8 Å². The van der Waals surface area contributed by atoms with Crippen LogP contribution in [0.5, 0.6) is 5.75 Å². The molecule has 9 aromatic carbocycles. The number of nitrogens with zero attached hydrogens (tertiary/aromatic N) is 11. The number of amides is 9. The Kier molecular flexibility index (Phi) is 29.7. The topological polar surface area (TPSA) is 396 Å². The molecule has 660 valence electrons. The molecule has 128 heavy (non-hydrogen) atoms. The van der Waals surface area contributed by atoms with Gasteiger partial charge in [0.25, 0.3) is 33.5 Å². The second-order valence-electron chi connectivity index (χ2n) is 30.2. The van der Waals surface area contributed by atoms with Gasteiger partial charge in [0, 0.05) is 105 Å². The molecule has 0 fully saturated rings. The summed E-state index contributed by atoms with van der Waals surface area (Å²) in [5, 5.41) is 36.4. The molecule has 35 heteroatoms. The van der Waals surface area contributed by atoms with Crippen LogP contribution in [0, 0.1) is 44.7 Å². The van der Waals surface area contributed by atoms with Crippen molar-refractivity contribution in [3.05, 3.63) is 356 Å². The highest BCUT2D eigenvalue weighted by atomic mass is 35.5. The van der Waals surface area contributed by atoms with Crippen LogP contribution in [-0.4, -0.2) is 99.4 Å². The predicted octanol–water partition coefficient (Wildman–Crippen LogP) is 15.9. The van der Waals surface area contributed by atoms with Gasteiger partial charge in [0.05, 0.1) is 68.9 Å². The summed E-state index contributed by atoms with van der Waals surface area (Å²) in [6.45, 7) is 14.6. The van der Waals surface area contributed by atoms with Crippen LogP contribution in [0.3, 0.4) is 0 Å². The van der Waals surface area contributed by atoms with Gasteiger partial charge >= 0.3 is 24.1 Å². The highest BCUT2D eigenvalue weighted by molar-refractivity contribution is 6.30. The molecule has 10 N–H and O–H groups in total. The highest BCUT2D eigenvalue weighted by Gasteiger charge is 2.25. The summed E-state index contributed by atoms with van der Waals surface area (Å²) in [4.78, 5) is 138. The second kappa shape index (κ2) is 41.2. The van der Waals surface area contributed by atoms with Gasteiger partial charge in [-0.15, -0.1) is 0 Å². The first-order valence-corrected chi connectivity index (χ1v) is 40.5. The number of methoxy groups -OCH3 is 1. The van der Waals surface area contributed by atoms with Gasteiger partial charge in [-0.2, -0.15) is 0 Å². The number of urea groups is 4. The van der Waals surface area contributed by atoms with Crippen molar-refractivity contribution in [3.8, 4) is 34.2 Å². The van der Waals surface area contributed by atoms with E-state index in [0.29, 0.717) is 80.5 Å². The third-order valence-electron chi connectivity index (χ3n) is 20.5. The zero-order valence-electron chi connectivity index (χ0n) is 72.8. The molecule has 0 aliphatic carbocycles. The molecule has 0 spiro atoms. The lowest BCUT2D eigenvalue weighted by atomic mass is 10.1. The molecule has 0 aliphatic heterocycles. The Labute approximate surface area is 739 Å². The maximum absolute atomic E-state index is 12.9. The van der Waals surface area contributed by atoms with Crippen LogP contribution < -0.4 is 80.4 Å². The van der Waals surface area contributed by atoms with Gasteiger partial charge < -0.3 is 57.6 Å². The van der Waals surface area contributed by atoms with E-state index >= 15 is 0 Å². The Morgan fingerprint density at radius 1 is 0.391 bits per heavy atom. The van der Waals surface area contributed by atoms with Crippen LogP contribution in [0.25, 0.3) is 39.3 Å².